The average molecular weight is 235 g/mol. The van der Waals surface area contributed by atoms with Crippen LogP contribution in [0.25, 0.3) is 0 Å². The largest absolute Gasteiger partial charge is 0.294 e. The Morgan fingerprint density at radius 3 is 2.11 bits per heavy atom. The molecular weight excluding hydrogens is 222 g/mol. The first kappa shape index (κ1) is 12.1. The molecule has 0 heterocycles. The fourth-order valence-electron chi connectivity index (χ4n) is 1.85. The van der Waals surface area contributed by atoms with E-state index < -0.39 is 0 Å². The van der Waals surface area contributed by atoms with E-state index in [2.05, 4.69) is 6.07 Å². The van der Waals surface area contributed by atoms with E-state index in [0.717, 1.165) is 5.56 Å². The first-order valence-electron chi connectivity index (χ1n) is 5.84. The summed E-state index contributed by atoms with van der Waals surface area (Å²) in [5, 5.41) is 9.17. The molecule has 0 aliphatic heterocycles. The molecule has 2 aromatic carbocycles. The quantitative estimate of drug-likeness (QED) is 0.760. The summed E-state index contributed by atoms with van der Waals surface area (Å²) in [4.78, 5) is 12.0. The fraction of sp³-hybridized carbons (Fsp3) is 0.125. The molecule has 0 bridgehead atoms. The van der Waals surface area contributed by atoms with E-state index in [4.69, 9.17) is 0 Å². The summed E-state index contributed by atoms with van der Waals surface area (Å²) in [5.41, 5.74) is 1.55. The molecule has 0 aromatic heterocycles. The van der Waals surface area contributed by atoms with Crippen LogP contribution in [0.4, 0.5) is 0 Å². The predicted octanol–water partition coefficient (Wildman–Crippen LogP) is 3.57. The van der Waals surface area contributed by atoms with Crippen molar-refractivity contribution in [3.05, 3.63) is 71.8 Å². The zero-order valence-corrected chi connectivity index (χ0v) is 9.91. The van der Waals surface area contributed by atoms with Crippen molar-refractivity contribution >= 4 is 5.78 Å². The SMILES string of the molecule is N#CC(CC(=O)c1ccccc1)c1ccccc1. The van der Waals surface area contributed by atoms with Gasteiger partial charge < -0.3 is 0 Å². The Labute approximate surface area is 107 Å². The highest BCUT2D eigenvalue weighted by atomic mass is 16.1. The highest BCUT2D eigenvalue weighted by molar-refractivity contribution is 5.96. The van der Waals surface area contributed by atoms with E-state index in [0.29, 0.717) is 5.56 Å². The smallest absolute Gasteiger partial charge is 0.164 e. The average Bonchev–Trinajstić information content (AvgIpc) is 2.46. The number of carbonyl (C=O) groups is 1. The number of hydrogen-bond donors (Lipinski definition) is 0. The highest BCUT2D eigenvalue weighted by Crippen LogP contribution is 2.20. The van der Waals surface area contributed by atoms with Gasteiger partial charge >= 0.3 is 0 Å². The van der Waals surface area contributed by atoms with E-state index in [-0.39, 0.29) is 18.1 Å². The molecule has 88 valence electrons. The summed E-state index contributed by atoms with van der Waals surface area (Å²) in [6, 6.07) is 20.7. The lowest BCUT2D eigenvalue weighted by Crippen LogP contribution is -2.06. The van der Waals surface area contributed by atoms with Gasteiger partial charge in [0.1, 0.15) is 0 Å². The van der Waals surface area contributed by atoms with Crippen LogP contribution in [-0.2, 0) is 0 Å². The Morgan fingerprint density at radius 1 is 1.00 bits per heavy atom. The van der Waals surface area contributed by atoms with Crippen LogP contribution in [0.1, 0.15) is 28.3 Å². The summed E-state index contributed by atoms with van der Waals surface area (Å²) in [6.45, 7) is 0. The minimum atomic E-state index is -0.376. The minimum absolute atomic E-state index is 0.00556. The van der Waals surface area contributed by atoms with Crippen molar-refractivity contribution in [1.82, 2.24) is 0 Å². The van der Waals surface area contributed by atoms with Gasteiger partial charge in [0, 0.05) is 12.0 Å². The first-order valence-corrected chi connectivity index (χ1v) is 5.84. The van der Waals surface area contributed by atoms with Crippen LogP contribution >= 0.6 is 0 Å². The zero-order valence-electron chi connectivity index (χ0n) is 9.91. The Morgan fingerprint density at radius 2 is 1.56 bits per heavy atom. The van der Waals surface area contributed by atoms with E-state index in [1.54, 1.807) is 12.1 Å². The second-order valence-electron chi connectivity index (χ2n) is 4.09. The van der Waals surface area contributed by atoms with Gasteiger partial charge in [-0.3, -0.25) is 4.79 Å². The summed E-state index contributed by atoms with van der Waals surface area (Å²) in [5.74, 6) is -0.370. The van der Waals surface area contributed by atoms with Crippen LogP contribution in [0, 0.1) is 11.3 Å². The molecule has 0 saturated heterocycles. The predicted molar refractivity (Wildman–Crippen MR) is 70.2 cm³/mol. The maximum Gasteiger partial charge on any atom is 0.164 e. The number of nitriles is 1. The van der Waals surface area contributed by atoms with Crippen molar-refractivity contribution < 1.29 is 4.79 Å². The van der Waals surface area contributed by atoms with Gasteiger partial charge in [0.15, 0.2) is 5.78 Å². The molecule has 2 aromatic rings. The van der Waals surface area contributed by atoms with Crippen molar-refractivity contribution in [2.45, 2.75) is 12.3 Å². The summed E-state index contributed by atoms with van der Waals surface area (Å²) < 4.78 is 0. The van der Waals surface area contributed by atoms with Gasteiger partial charge in [-0.05, 0) is 5.56 Å². The molecule has 18 heavy (non-hydrogen) atoms. The highest BCUT2D eigenvalue weighted by Gasteiger charge is 2.16. The normalized spacial score (nSPS) is 11.5. The lowest BCUT2D eigenvalue weighted by molar-refractivity contribution is 0.0979. The number of hydrogen-bond acceptors (Lipinski definition) is 2. The molecule has 0 spiro atoms. The summed E-state index contributed by atoms with van der Waals surface area (Å²) >= 11 is 0. The number of nitrogens with zero attached hydrogens (tertiary/aromatic N) is 1. The van der Waals surface area contributed by atoms with Crippen molar-refractivity contribution in [3.63, 3.8) is 0 Å². The maximum absolute atomic E-state index is 12.0. The van der Waals surface area contributed by atoms with Crippen LogP contribution in [-0.4, -0.2) is 5.78 Å². The van der Waals surface area contributed by atoms with Crippen molar-refractivity contribution in [2.75, 3.05) is 0 Å². The molecule has 2 nitrogen and oxygen atoms in total. The van der Waals surface area contributed by atoms with Crippen LogP contribution in [0.5, 0.6) is 0 Å². The first-order chi connectivity index (χ1) is 8.81. The zero-order chi connectivity index (χ0) is 12.8. The second kappa shape index (κ2) is 5.79. The standard InChI is InChI=1S/C16H13NO/c17-12-15(13-7-3-1-4-8-13)11-16(18)14-9-5-2-6-10-14/h1-10,15H,11H2. The van der Waals surface area contributed by atoms with E-state index in [1.165, 1.54) is 0 Å². The van der Waals surface area contributed by atoms with Crippen molar-refractivity contribution in [1.29, 1.82) is 5.26 Å². The van der Waals surface area contributed by atoms with E-state index in [9.17, 15) is 10.1 Å². The molecule has 0 radical (unpaired) electrons. The Balaban J connectivity index is 2.14. The fourth-order valence-corrected chi connectivity index (χ4v) is 1.85. The Hall–Kier alpha value is -2.40. The van der Waals surface area contributed by atoms with Crippen LogP contribution in [0.3, 0.4) is 0 Å². The Bertz CT molecular complexity index is 555. The van der Waals surface area contributed by atoms with Gasteiger partial charge in [0.05, 0.1) is 12.0 Å². The number of benzene rings is 2. The molecule has 1 atom stereocenters. The number of Topliss-reactive ketones (excluding diaryl/α,β-unsaturated/α-hetero) is 1. The van der Waals surface area contributed by atoms with Crippen LogP contribution in [0.15, 0.2) is 60.7 Å². The van der Waals surface area contributed by atoms with Gasteiger partial charge in [0.25, 0.3) is 0 Å². The maximum atomic E-state index is 12.0. The Kier molecular flexibility index (Phi) is 3.88. The van der Waals surface area contributed by atoms with Crippen molar-refractivity contribution in [2.24, 2.45) is 0 Å². The van der Waals surface area contributed by atoms with Gasteiger partial charge in [-0.2, -0.15) is 5.26 Å². The van der Waals surface area contributed by atoms with Crippen LogP contribution < -0.4 is 0 Å². The lowest BCUT2D eigenvalue weighted by Gasteiger charge is -2.08. The summed E-state index contributed by atoms with van der Waals surface area (Å²) in [6.07, 6.45) is 0.227. The van der Waals surface area contributed by atoms with Gasteiger partial charge in [-0.15, -0.1) is 0 Å². The molecule has 0 aliphatic carbocycles. The topological polar surface area (TPSA) is 40.9 Å². The number of rotatable bonds is 4. The second-order valence-corrected chi connectivity index (χ2v) is 4.09. The molecule has 0 amide bonds. The van der Waals surface area contributed by atoms with E-state index >= 15 is 0 Å². The van der Waals surface area contributed by atoms with Gasteiger partial charge in [0.2, 0.25) is 0 Å². The molecule has 0 N–H and O–H groups in total. The third kappa shape index (κ3) is 2.83. The van der Waals surface area contributed by atoms with Gasteiger partial charge in [-0.25, -0.2) is 0 Å². The van der Waals surface area contributed by atoms with Crippen LogP contribution in [0.2, 0.25) is 0 Å². The van der Waals surface area contributed by atoms with E-state index in [1.807, 2.05) is 48.5 Å². The molecule has 0 fully saturated rings. The lowest BCUT2D eigenvalue weighted by atomic mass is 9.93. The molecule has 0 saturated carbocycles. The number of ketones is 1. The monoisotopic (exact) mass is 235 g/mol. The third-order valence-electron chi connectivity index (χ3n) is 2.84. The third-order valence-corrected chi connectivity index (χ3v) is 2.84. The van der Waals surface area contributed by atoms with Crippen molar-refractivity contribution in [3.8, 4) is 6.07 Å². The molecule has 1 unspecified atom stereocenters. The molecule has 2 heteroatoms. The molecule has 2 rings (SSSR count). The minimum Gasteiger partial charge on any atom is -0.294 e. The van der Waals surface area contributed by atoms with Gasteiger partial charge in [-0.1, -0.05) is 60.7 Å². The molecular formula is C16H13NO. The number of carbonyl (C=O) groups excluding carboxylic acids is 1. The molecule has 0 aliphatic rings. The summed E-state index contributed by atoms with van der Waals surface area (Å²) in [7, 11) is 0.